The topological polar surface area (TPSA) is 23.6 Å². The van der Waals surface area contributed by atoms with Crippen LogP contribution in [-0.2, 0) is 4.79 Å². The predicted molar refractivity (Wildman–Crippen MR) is 105 cm³/mol. The Morgan fingerprint density at radius 3 is 1.96 bits per heavy atom. The van der Waals surface area contributed by atoms with Gasteiger partial charge >= 0.3 is 0 Å². The molecule has 126 valence electrons. The highest BCUT2D eigenvalue weighted by molar-refractivity contribution is 6.00. The van der Waals surface area contributed by atoms with E-state index < -0.39 is 0 Å². The Hall–Kier alpha value is -3.07. The Kier molecular flexibility index (Phi) is 4.85. The van der Waals surface area contributed by atoms with Crippen LogP contribution in [-0.4, -0.2) is 20.0 Å². The monoisotopic (exact) mass is 330 g/mol. The summed E-state index contributed by atoms with van der Waals surface area (Å²) in [6.07, 6.45) is 0. The fourth-order valence-corrected chi connectivity index (χ4v) is 2.96. The maximum atomic E-state index is 12.0. The Balaban J connectivity index is 2.23. The quantitative estimate of drug-likeness (QED) is 0.664. The van der Waals surface area contributed by atoms with Gasteiger partial charge in [0, 0.05) is 32.3 Å². The summed E-state index contributed by atoms with van der Waals surface area (Å²) in [4.78, 5) is 15.8. The molecule has 25 heavy (non-hydrogen) atoms. The number of para-hydroxylation sites is 2. The second-order valence-corrected chi connectivity index (χ2v) is 6.01. The van der Waals surface area contributed by atoms with Crippen molar-refractivity contribution >= 4 is 23.0 Å². The average Bonchev–Trinajstić information content (AvgIpc) is 2.67. The SMILES string of the molecule is CC(=O)N(C)c1cccc(-c2ccccc2)c1N(C)c1ccccc1. The lowest BCUT2D eigenvalue weighted by molar-refractivity contribution is -0.116. The van der Waals surface area contributed by atoms with Crippen molar-refractivity contribution in [2.24, 2.45) is 0 Å². The summed E-state index contributed by atoms with van der Waals surface area (Å²) >= 11 is 0. The van der Waals surface area contributed by atoms with E-state index in [0.717, 1.165) is 28.2 Å². The minimum atomic E-state index is 0.00734. The lowest BCUT2D eigenvalue weighted by Crippen LogP contribution is -2.25. The van der Waals surface area contributed by atoms with Crippen LogP contribution >= 0.6 is 0 Å². The molecule has 0 aromatic heterocycles. The van der Waals surface area contributed by atoms with E-state index in [9.17, 15) is 4.79 Å². The molecule has 3 aromatic carbocycles. The van der Waals surface area contributed by atoms with Gasteiger partial charge in [0.2, 0.25) is 5.91 Å². The summed E-state index contributed by atoms with van der Waals surface area (Å²) in [5.74, 6) is 0.00734. The maximum Gasteiger partial charge on any atom is 0.223 e. The van der Waals surface area contributed by atoms with Crippen LogP contribution in [0.1, 0.15) is 6.92 Å². The van der Waals surface area contributed by atoms with Crippen molar-refractivity contribution < 1.29 is 4.79 Å². The first-order chi connectivity index (χ1) is 12.1. The number of carbonyl (C=O) groups is 1. The normalized spacial score (nSPS) is 10.4. The summed E-state index contributed by atoms with van der Waals surface area (Å²) in [7, 11) is 3.85. The zero-order valence-corrected chi connectivity index (χ0v) is 14.8. The van der Waals surface area contributed by atoms with Gasteiger partial charge in [0.25, 0.3) is 0 Å². The van der Waals surface area contributed by atoms with Crippen molar-refractivity contribution in [1.82, 2.24) is 0 Å². The Morgan fingerprint density at radius 2 is 1.36 bits per heavy atom. The van der Waals surface area contributed by atoms with Gasteiger partial charge in [0.05, 0.1) is 11.4 Å². The minimum Gasteiger partial charge on any atom is -0.342 e. The number of hydrogen-bond acceptors (Lipinski definition) is 2. The minimum absolute atomic E-state index is 0.00734. The number of benzene rings is 3. The molecule has 0 atom stereocenters. The molecule has 0 radical (unpaired) electrons. The van der Waals surface area contributed by atoms with Gasteiger partial charge in [-0.1, -0.05) is 60.7 Å². The van der Waals surface area contributed by atoms with Crippen LogP contribution < -0.4 is 9.80 Å². The van der Waals surface area contributed by atoms with Crippen LogP contribution in [0.3, 0.4) is 0 Å². The lowest BCUT2D eigenvalue weighted by Gasteiger charge is -2.29. The molecule has 0 N–H and O–H groups in total. The average molecular weight is 330 g/mol. The van der Waals surface area contributed by atoms with Gasteiger partial charge < -0.3 is 9.80 Å². The maximum absolute atomic E-state index is 12.0. The molecule has 0 aliphatic heterocycles. The zero-order valence-electron chi connectivity index (χ0n) is 14.8. The van der Waals surface area contributed by atoms with Crippen LogP contribution in [0.2, 0.25) is 0 Å². The number of rotatable bonds is 4. The molecule has 3 heteroatoms. The highest BCUT2D eigenvalue weighted by Crippen LogP contribution is 2.41. The molecule has 0 saturated carbocycles. The first-order valence-electron chi connectivity index (χ1n) is 8.31. The second-order valence-electron chi connectivity index (χ2n) is 6.01. The molecule has 1 amide bonds. The molecule has 0 fully saturated rings. The summed E-state index contributed by atoms with van der Waals surface area (Å²) in [5, 5.41) is 0. The van der Waals surface area contributed by atoms with E-state index in [0.29, 0.717) is 0 Å². The first-order valence-corrected chi connectivity index (χ1v) is 8.31. The molecule has 0 aliphatic carbocycles. The standard InChI is InChI=1S/C22H22N2O/c1-17(25)23(2)21-16-10-15-20(18-11-6-4-7-12-18)22(21)24(3)19-13-8-5-9-14-19/h4-16H,1-3H3. The Morgan fingerprint density at radius 1 is 0.760 bits per heavy atom. The molecular formula is C22H22N2O. The molecule has 3 nitrogen and oxygen atoms in total. The van der Waals surface area contributed by atoms with E-state index in [2.05, 4.69) is 35.2 Å². The highest BCUT2D eigenvalue weighted by atomic mass is 16.2. The molecular weight excluding hydrogens is 308 g/mol. The molecule has 0 saturated heterocycles. The Labute approximate surface area is 149 Å². The first kappa shape index (κ1) is 16.8. The molecule has 0 bridgehead atoms. The summed E-state index contributed by atoms with van der Waals surface area (Å²) < 4.78 is 0. The van der Waals surface area contributed by atoms with Gasteiger partial charge in [-0.15, -0.1) is 0 Å². The van der Waals surface area contributed by atoms with Crippen LogP contribution in [0, 0.1) is 0 Å². The van der Waals surface area contributed by atoms with Crippen LogP contribution in [0.5, 0.6) is 0 Å². The van der Waals surface area contributed by atoms with Gasteiger partial charge in [-0.25, -0.2) is 0 Å². The van der Waals surface area contributed by atoms with Crippen LogP contribution in [0.25, 0.3) is 11.1 Å². The number of hydrogen-bond donors (Lipinski definition) is 0. The second kappa shape index (κ2) is 7.22. The molecule has 0 unspecified atom stereocenters. The van der Waals surface area contributed by atoms with Gasteiger partial charge in [-0.3, -0.25) is 4.79 Å². The van der Waals surface area contributed by atoms with E-state index >= 15 is 0 Å². The summed E-state index contributed by atoms with van der Waals surface area (Å²) in [6.45, 7) is 1.58. The fraction of sp³-hybridized carbons (Fsp3) is 0.136. The summed E-state index contributed by atoms with van der Waals surface area (Å²) in [5.41, 5.74) is 5.19. The number of amides is 1. The zero-order chi connectivity index (χ0) is 17.8. The van der Waals surface area contributed by atoms with Crippen molar-refractivity contribution in [2.45, 2.75) is 6.92 Å². The van der Waals surface area contributed by atoms with Crippen LogP contribution in [0.4, 0.5) is 17.1 Å². The number of anilines is 3. The largest absolute Gasteiger partial charge is 0.342 e. The highest BCUT2D eigenvalue weighted by Gasteiger charge is 2.19. The third-order valence-corrected chi connectivity index (χ3v) is 4.41. The molecule has 3 rings (SSSR count). The van der Waals surface area contributed by atoms with Crippen molar-refractivity contribution in [1.29, 1.82) is 0 Å². The number of nitrogens with zero attached hydrogens (tertiary/aromatic N) is 2. The van der Waals surface area contributed by atoms with Crippen molar-refractivity contribution in [3.8, 4) is 11.1 Å². The Bertz CT molecular complexity index is 860. The van der Waals surface area contributed by atoms with E-state index in [1.165, 1.54) is 0 Å². The van der Waals surface area contributed by atoms with Gasteiger partial charge in [-0.2, -0.15) is 0 Å². The van der Waals surface area contributed by atoms with Crippen LogP contribution in [0.15, 0.2) is 78.9 Å². The smallest absolute Gasteiger partial charge is 0.223 e. The predicted octanol–water partition coefficient (Wildman–Crippen LogP) is 5.10. The van der Waals surface area contributed by atoms with E-state index in [-0.39, 0.29) is 5.91 Å². The van der Waals surface area contributed by atoms with E-state index in [4.69, 9.17) is 0 Å². The molecule has 3 aromatic rings. The molecule has 0 aliphatic rings. The third-order valence-electron chi connectivity index (χ3n) is 4.41. The van der Waals surface area contributed by atoms with Gasteiger partial charge in [0.1, 0.15) is 0 Å². The lowest BCUT2D eigenvalue weighted by atomic mass is 10.0. The molecule has 0 spiro atoms. The van der Waals surface area contributed by atoms with Gasteiger partial charge in [-0.05, 0) is 23.8 Å². The summed E-state index contributed by atoms with van der Waals surface area (Å²) in [6, 6.07) is 26.5. The molecule has 0 heterocycles. The third kappa shape index (κ3) is 3.41. The van der Waals surface area contributed by atoms with Crippen molar-refractivity contribution in [3.63, 3.8) is 0 Å². The fourth-order valence-electron chi connectivity index (χ4n) is 2.96. The van der Waals surface area contributed by atoms with E-state index in [1.807, 2.05) is 62.6 Å². The van der Waals surface area contributed by atoms with Gasteiger partial charge in [0.15, 0.2) is 0 Å². The number of carbonyl (C=O) groups excluding carboxylic acids is 1. The van der Waals surface area contributed by atoms with Crippen molar-refractivity contribution in [3.05, 3.63) is 78.9 Å². The van der Waals surface area contributed by atoms with E-state index in [1.54, 1.807) is 11.8 Å². The van der Waals surface area contributed by atoms with Crippen molar-refractivity contribution in [2.75, 3.05) is 23.9 Å².